The number of benzene rings is 1. The molecule has 0 aliphatic carbocycles. The third-order valence-corrected chi connectivity index (χ3v) is 2.34. The molecule has 0 aliphatic rings. The summed E-state index contributed by atoms with van der Waals surface area (Å²) in [7, 11) is 1.58. The van der Waals surface area contributed by atoms with Gasteiger partial charge in [0, 0.05) is 13.0 Å². The van der Waals surface area contributed by atoms with Crippen LogP contribution in [0.15, 0.2) is 42.6 Å². The zero-order valence-corrected chi connectivity index (χ0v) is 10.7. The topological polar surface area (TPSA) is 60.5 Å². The van der Waals surface area contributed by atoms with Gasteiger partial charge in [-0.05, 0) is 18.2 Å². The molecule has 98 valence electrons. The van der Waals surface area contributed by atoms with Gasteiger partial charge < -0.3 is 14.8 Å². The van der Waals surface area contributed by atoms with E-state index in [0.29, 0.717) is 23.1 Å². The molecule has 2 rings (SSSR count). The summed E-state index contributed by atoms with van der Waals surface area (Å²) in [6, 6.07) is 10.7. The van der Waals surface area contributed by atoms with Gasteiger partial charge in [-0.25, -0.2) is 4.98 Å². The van der Waals surface area contributed by atoms with Crippen molar-refractivity contribution >= 4 is 11.6 Å². The second-order valence-corrected chi connectivity index (χ2v) is 3.82. The Labute approximate surface area is 111 Å². The summed E-state index contributed by atoms with van der Waals surface area (Å²) in [6.45, 7) is 1.44. The molecule has 0 unspecified atom stereocenters. The molecule has 1 aromatic heterocycles. The molecule has 0 radical (unpaired) electrons. The summed E-state index contributed by atoms with van der Waals surface area (Å²) in [4.78, 5) is 15.0. The second-order valence-electron chi connectivity index (χ2n) is 3.82. The normalized spacial score (nSPS) is 9.79. The number of nitrogens with zero attached hydrogens (tertiary/aromatic N) is 1. The van der Waals surface area contributed by atoms with E-state index >= 15 is 0 Å². The molecule has 0 bridgehead atoms. The van der Waals surface area contributed by atoms with Crippen molar-refractivity contribution < 1.29 is 14.3 Å². The highest BCUT2D eigenvalue weighted by Crippen LogP contribution is 2.30. The average molecular weight is 258 g/mol. The number of hydrogen-bond donors (Lipinski definition) is 1. The first-order valence-electron chi connectivity index (χ1n) is 5.73. The fourth-order valence-electron chi connectivity index (χ4n) is 1.53. The molecule has 0 saturated carbocycles. The molecule has 0 saturated heterocycles. The van der Waals surface area contributed by atoms with E-state index in [1.165, 1.54) is 13.1 Å². The van der Waals surface area contributed by atoms with Gasteiger partial charge >= 0.3 is 0 Å². The summed E-state index contributed by atoms with van der Waals surface area (Å²) in [6.07, 6.45) is 1.53. The number of methoxy groups -OCH3 is 1. The molecule has 0 fully saturated rings. The highest BCUT2D eigenvalue weighted by Gasteiger charge is 2.05. The van der Waals surface area contributed by atoms with Crippen molar-refractivity contribution in [1.29, 1.82) is 0 Å². The fraction of sp³-hybridized carbons (Fsp3) is 0.143. The van der Waals surface area contributed by atoms with Gasteiger partial charge in [0.1, 0.15) is 0 Å². The molecule has 0 spiro atoms. The molecule has 1 aromatic carbocycles. The van der Waals surface area contributed by atoms with Crippen molar-refractivity contribution in [2.45, 2.75) is 6.92 Å². The van der Waals surface area contributed by atoms with E-state index < -0.39 is 0 Å². The minimum atomic E-state index is -0.139. The van der Waals surface area contributed by atoms with E-state index in [9.17, 15) is 4.79 Å². The van der Waals surface area contributed by atoms with Crippen molar-refractivity contribution in [3.05, 3.63) is 42.6 Å². The maximum absolute atomic E-state index is 10.9. The van der Waals surface area contributed by atoms with E-state index in [1.807, 2.05) is 12.1 Å². The van der Waals surface area contributed by atoms with Gasteiger partial charge in [0.15, 0.2) is 11.5 Å². The van der Waals surface area contributed by atoms with Crippen LogP contribution >= 0.6 is 0 Å². The van der Waals surface area contributed by atoms with Crippen molar-refractivity contribution in [3.8, 4) is 17.4 Å². The van der Waals surface area contributed by atoms with Gasteiger partial charge in [-0.1, -0.05) is 12.1 Å². The number of aromatic nitrogens is 1. The lowest BCUT2D eigenvalue weighted by atomic mass is 10.3. The number of hydrogen-bond acceptors (Lipinski definition) is 4. The van der Waals surface area contributed by atoms with Crippen LogP contribution in [-0.2, 0) is 4.79 Å². The molecule has 0 aliphatic heterocycles. The Bertz CT molecular complexity index is 567. The summed E-state index contributed by atoms with van der Waals surface area (Å²) >= 11 is 0. The Hall–Kier alpha value is -2.56. The quantitative estimate of drug-likeness (QED) is 0.916. The SMILES string of the molecule is COc1ccccc1Oc1ccc(NC(C)=O)cn1. The number of carbonyl (C=O) groups excluding carboxylic acids is 1. The monoisotopic (exact) mass is 258 g/mol. The summed E-state index contributed by atoms with van der Waals surface area (Å²) in [5, 5.41) is 2.64. The Morgan fingerprint density at radius 2 is 1.89 bits per heavy atom. The van der Waals surface area contributed by atoms with Crippen LogP contribution < -0.4 is 14.8 Å². The minimum absolute atomic E-state index is 0.139. The molecule has 19 heavy (non-hydrogen) atoms. The first-order chi connectivity index (χ1) is 9.19. The molecule has 5 heteroatoms. The predicted molar refractivity (Wildman–Crippen MR) is 71.6 cm³/mol. The fourth-order valence-corrected chi connectivity index (χ4v) is 1.53. The number of amides is 1. The predicted octanol–water partition coefficient (Wildman–Crippen LogP) is 2.84. The van der Waals surface area contributed by atoms with Crippen molar-refractivity contribution in [3.63, 3.8) is 0 Å². The lowest BCUT2D eigenvalue weighted by molar-refractivity contribution is -0.114. The summed E-state index contributed by atoms with van der Waals surface area (Å²) < 4.78 is 10.8. The standard InChI is InChI=1S/C14H14N2O3/c1-10(17)16-11-7-8-14(15-9-11)19-13-6-4-3-5-12(13)18-2/h3-9H,1-2H3,(H,16,17). The van der Waals surface area contributed by atoms with Crippen LogP contribution in [0, 0.1) is 0 Å². The van der Waals surface area contributed by atoms with Crippen molar-refractivity contribution in [2.24, 2.45) is 0 Å². The number of carbonyl (C=O) groups is 1. The molecule has 1 N–H and O–H groups in total. The van der Waals surface area contributed by atoms with E-state index in [2.05, 4.69) is 10.3 Å². The second kappa shape index (κ2) is 5.86. The number of para-hydroxylation sites is 2. The highest BCUT2D eigenvalue weighted by molar-refractivity contribution is 5.88. The largest absolute Gasteiger partial charge is 0.493 e. The molecule has 5 nitrogen and oxygen atoms in total. The van der Waals surface area contributed by atoms with E-state index in [0.717, 1.165) is 0 Å². The van der Waals surface area contributed by atoms with Gasteiger partial charge in [-0.15, -0.1) is 0 Å². The average Bonchev–Trinajstić information content (AvgIpc) is 2.41. The zero-order chi connectivity index (χ0) is 13.7. The summed E-state index contributed by atoms with van der Waals surface area (Å²) in [5.74, 6) is 1.51. The molecule has 1 amide bonds. The Morgan fingerprint density at radius 3 is 2.47 bits per heavy atom. The van der Waals surface area contributed by atoms with E-state index in [4.69, 9.17) is 9.47 Å². The van der Waals surface area contributed by atoms with Crippen molar-refractivity contribution in [2.75, 3.05) is 12.4 Å². The molecular formula is C14H14N2O3. The maximum Gasteiger partial charge on any atom is 0.221 e. The maximum atomic E-state index is 10.9. The van der Waals surface area contributed by atoms with Crippen LogP contribution in [0.3, 0.4) is 0 Å². The van der Waals surface area contributed by atoms with Gasteiger partial charge in [-0.3, -0.25) is 4.79 Å². The molecule has 2 aromatic rings. The van der Waals surface area contributed by atoms with Crippen LogP contribution in [0.2, 0.25) is 0 Å². The Kier molecular flexibility index (Phi) is 3.97. The molecule has 1 heterocycles. The smallest absolute Gasteiger partial charge is 0.221 e. The van der Waals surface area contributed by atoms with Crippen LogP contribution in [0.4, 0.5) is 5.69 Å². The Balaban J connectivity index is 2.13. The van der Waals surface area contributed by atoms with Crippen LogP contribution in [-0.4, -0.2) is 18.0 Å². The van der Waals surface area contributed by atoms with E-state index in [1.54, 1.807) is 31.4 Å². The third kappa shape index (κ3) is 3.45. The van der Waals surface area contributed by atoms with Gasteiger partial charge in [-0.2, -0.15) is 0 Å². The molecule has 0 atom stereocenters. The lowest BCUT2D eigenvalue weighted by Gasteiger charge is -2.09. The lowest BCUT2D eigenvalue weighted by Crippen LogP contribution is -2.05. The van der Waals surface area contributed by atoms with Crippen LogP contribution in [0.1, 0.15) is 6.92 Å². The first kappa shape index (κ1) is 12.9. The molecular weight excluding hydrogens is 244 g/mol. The Morgan fingerprint density at radius 1 is 1.16 bits per heavy atom. The van der Waals surface area contributed by atoms with Crippen molar-refractivity contribution in [1.82, 2.24) is 4.98 Å². The van der Waals surface area contributed by atoms with Gasteiger partial charge in [0.05, 0.1) is 19.0 Å². The minimum Gasteiger partial charge on any atom is -0.493 e. The summed E-state index contributed by atoms with van der Waals surface area (Å²) in [5.41, 5.74) is 0.625. The zero-order valence-electron chi connectivity index (χ0n) is 10.7. The number of nitrogens with one attached hydrogen (secondary N) is 1. The number of ether oxygens (including phenoxy) is 2. The first-order valence-corrected chi connectivity index (χ1v) is 5.73. The third-order valence-electron chi connectivity index (χ3n) is 2.34. The van der Waals surface area contributed by atoms with Gasteiger partial charge in [0.25, 0.3) is 0 Å². The van der Waals surface area contributed by atoms with Crippen LogP contribution in [0.5, 0.6) is 17.4 Å². The van der Waals surface area contributed by atoms with E-state index in [-0.39, 0.29) is 5.91 Å². The van der Waals surface area contributed by atoms with Gasteiger partial charge in [0.2, 0.25) is 11.8 Å². The highest BCUT2D eigenvalue weighted by atomic mass is 16.5. The van der Waals surface area contributed by atoms with Crippen LogP contribution in [0.25, 0.3) is 0 Å². The number of pyridine rings is 1. The number of anilines is 1. The number of rotatable bonds is 4.